The van der Waals surface area contributed by atoms with Crippen molar-refractivity contribution in [2.75, 3.05) is 18.9 Å². The lowest BCUT2D eigenvalue weighted by Gasteiger charge is -2.06. The molecule has 0 heterocycles. The predicted molar refractivity (Wildman–Crippen MR) is 88.7 cm³/mol. The average molecular weight is 299 g/mol. The highest BCUT2D eigenvalue weighted by atomic mass is 35.5. The number of hydrogen-bond donors (Lipinski definition) is 2. The van der Waals surface area contributed by atoms with E-state index in [1.807, 2.05) is 19.2 Å². The van der Waals surface area contributed by atoms with Crippen LogP contribution in [0.5, 0.6) is 0 Å². The summed E-state index contributed by atoms with van der Waals surface area (Å²) < 4.78 is 0. The maximum atomic E-state index is 11.6. The molecular weight excluding hydrogens is 272 g/mol. The fourth-order valence-electron chi connectivity index (χ4n) is 1.98. The highest BCUT2D eigenvalue weighted by Crippen LogP contribution is 2.12. The Hall–Kier alpha value is -1.06. The second kappa shape index (κ2) is 11.7. The van der Waals surface area contributed by atoms with E-state index >= 15 is 0 Å². The first-order chi connectivity index (χ1) is 9.26. The zero-order valence-corrected chi connectivity index (χ0v) is 13.4. The number of halogens is 1. The maximum absolute atomic E-state index is 11.6. The van der Waals surface area contributed by atoms with Crippen LogP contribution in [0.1, 0.15) is 44.6 Å². The number of unbranched alkanes of at least 4 members (excludes halogenated alkanes) is 2. The van der Waals surface area contributed by atoms with Gasteiger partial charge in [-0.25, -0.2) is 0 Å². The van der Waals surface area contributed by atoms with E-state index in [9.17, 15) is 4.79 Å². The molecule has 1 aromatic rings. The molecule has 0 atom stereocenters. The largest absolute Gasteiger partial charge is 0.326 e. The topological polar surface area (TPSA) is 41.1 Å². The van der Waals surface area contributed by atoms with Crippen LogP contribution in [0.3, 0.4) is 0 Å². The Morgan fingerprint density at radius 1 is 1.10 bits per heavy atom. The lowest BCUT2D eigenvalue weighted by atomic mass is 10.1. The van der Waals surface area contributed by atoms with Gasteiger partial charge in [-0.05, 0) is 50.6 Å². The van der Waals surface area contributed by atoms with Crippen molar-refractivity contribution in [1.82, 2.24) is 5.32 Å². The maximum Gasteiger partial charge on any atom is 0.224 e. The number of aryl methyl sites for hydroxylation is 1. The monoisotopic (exact) mass is 298 g/mol. The van der Waals surface area contributed by atoms with Crippen molar-refractivity contribution >= 4 is 24.0 Å². The molecule has 20 heavy (non-hydrogen) atoms. The van der Waals surface area contributed by atoms with Gasteiger partial charge in [-0.3, -0.25) is 4.79 Å². The van der Waals surface area contributed by atoms with E-state index in [0.29, 0.717) is 6.42 Å². The van der Waals surface area contributed by atoms with Gasteiger partial charge in [0.1, 0.15) is 0 Å². The second-order valence-corrected chi connectivity index (χ2v) is 4.91. The molecule has 0 spiro atoms. The van der Waals surface area contributed by atoms with Crippen molar-refractivity contribution in [2.45, 2.75) is 45.4 Å². The molecular formula is C16H27ClN2O. The van der Waals surface area contributed by atoms with Gasteiger partial charge >= 0.3 is 0 Å². The Kier molecular flexibility index (Phi) is 11.1. The van der Waals surface area contributed by atoms with Gasteiger partial charge in [0, 0.05) is 12.1 Å². The van der Waals surface area contributed by atoms with Gasteiger partial charge in [-0.15, -0.1) is 12.4 Å². The zero-order chi connectivity index (χ0) is 13.9. The molecule has 3 nitrogen and oxygen atoms in total. The van der Waals surface area contributed by atoms with E-state index in [-0.39, 0.29) is 18.3 Å². The van der Waals surface area contributed by atoms with Crippen LogP contribution >= 0.6 is 12.4 Å². The summed E-state index contributed by atoms with van der Waals surface area (Å²) in [5.74, 6) is 0.0917. The van der Waals surface area contributed by atoms with Crippen molar-refractivity contribution in [3.8, 4) is 0 Å². The minimum absolute atomic E-state index is 0. The van der Waals surface area contributed by atoms with Crippen molar-refractivity contribution in [1.29, 1.82) is 0 Å². The number of carbonyl (C=O) groups excluding carboxylic acids is 1. The average Bonchev–Trinajstić information content (AvgIpc) is 2.41. The zero-order valence-electron chi connectivity index (χ0n) is 12.6. The number of benzene rings is 1. The normalized spacial score (nSPS) is 9.90. The van der Waals surface area contributed by atoms with Crippen LogP contribution in [0, 0.1) is 0 Å². The third kappa shape index (κ3) is 8.18. The summed E-state index contributed by atoms with van der Waals surface area (Å²) in [4.78, 5) is 11.6. The third-order valence-corrected chi connectivity index (χ3v) is 3.14. The van der Waals surface area contributed by atoms with Crippen LogP contribution in [0.15, 0.2) is 24.3 Å². The molecule has 1 aromatic carbocycles. The molecule has 0 aromatic heterocycles. The number of nitrogens with one attached hydrogen (secondary N) is 2. The summed E-state index contributed by atoms with van der Waals surface area (Å²) in [5.41, 5.74) is 2.25. The summed E-state index contributed by atoms with van der Waals surface area (Å²) in [6, 6.07) is 8.21. The smallest absolute Gasteiger partial charge is 0.224 e. The molecule has 0 saturated carbocycles. The number of amides is 1. The van der Waals surface area contributed by atoms with Gasteiger partial charge in [-0.1, -0.05) is 31.9 Å². The van der Waals surface area contributed by atoms with E-state index in [0.717, 1.165) is 25.1 Å². The van der Waals surface area contributed by atoms with Crippen LogP contribution in [0.4, 0.5) is 5.69 Å². The number of rotatable bonds is 9. The van der Waals surface area contributed by atoms with Crippen LogP contribution in [0.2, 0.25) is 0 Å². The second-order valence-electron chi connectivity index (χ2n) is 4.91. The van der Waals surface area contributed by atoms with Gasteiger partial charge in [0.2, 0.25) is 5.91 Å². The molecule has 0 aliphatic carbocycles. The van der Waals surface area contributed by atoms with Crippen LogP contribution in [0.25, 0.3) is 0 Å². The van der Waals surface area contributed by atoms with E-state index in [1.165, 1.54) is 24.8 Å². The highest BCUT2D eigenvalue weighted by molar-refractivity contribution is 5.90. The molecule has 0 unspecified atom stereocenters. The van der Waals surface area contributed by atoms with E-state index in [4.69, 9.17) is 0 Å². The molecule has 0 aliphatic heterocycles. The Labute approximate surface area is 128 Å². The van der Waals surface area contributed by atoms with Crippen molar-refractivity contribution in [3.63, 3.8) is 0 Å². The van der Waals surface area contributed by atoms with Gasteiger partial charge in [0.25, 0.3) is 0 Å². The lowest BCUT2D eigenvalue weighted by Crippen LogP contribution is -2.15. The molecule has 1 rings (SSSR count). The van der Waals surface area contributed by atoms with Gasteiger partial charge in [0.15, 0.2) is 0 Å². The highest BCUT2D eigenvalue weighted by Gasteiger charge is 2.01. The number of anilines is 1. The fourth-order valence-corrected chi connectivity index (χ4v) is 1.98. The van der Waals surface area contributed by atoms with E-state index < -0.39 is 0 Å². The first kappa shape index (κ1) is 18.9. The predicted octanol–water partition coefficient (Wildman–Crippen LogP) is 3.78. The minimum atomic E-state index is 0. The first-order valence-electron chi connectivity index (χ1n) is 7.29. The van der Waals surface area contributed by atoms with Gasteiger partial charge in [-0.2, -0.15) is 0 Å². The van der Waals surface area contributed by atoms with Crippen molar-refractivity contribution < 1.29 is 4.79 Å². The van der Waals surface area contributed by atoms with Crippen LogP contribution < -0.4 is 10.6 Å². The van der Waals surface area contributed by atoms with E-state index in [1.54, 1.807) is 0 Å². The molecule has 0 fully saturated rings. The molecule has 4 heteroatoms. The van der Waals surface area contributed by atoms with Crippen molar-refractivity contribution in [3.05, 3.63) is 29.8 Å². The summed E-state index contributed by atoms with van der Waals surface area (Å²) in [7, 11) is 1.90. The third-order valence-electron chi connectivity index (χ3n) is 3.14. The summed E-state index contributed by atoms with van der Waals surface area (Å²) >= 11 is 0. The SMILES string of the molecule is CCCCCc1ccc(NC(=O)CCCNC)cc1.Cl. The lowest BCUT2D eigenvalue weighted by molar-refractivity contribution is -0.116. The Balaban J connectivity index is 0.00000361. The van der Waals surface area contributed by atoms with Crippen LogP contribution in [-0.2, 0) is 11.2 Å². The molecule has 0 aliphatic rings. The quantitative estimate of drug-likeness (QED) is 0.681. The molecule has 2 N–H and O–H groups in total. The summed E-state index contributed by atoms with van der Waals surface area (Å²) in [6.07, 6.45) is 6.34. The molecule has 0 saturated heterocycles. The summed E-state index contributed by atoms with van der Waals surface area (Å²) in [5, 5.41) is 5.97. The molecule has 1 amide bonds. The fraction of sp³-hybridized carbons (Fsp3) is 0.562. The van der Waals surface area contributed by atoms with E-state index in [2.05, 4.69) is 29.7 Å². The minimum Gasteiger partial charge on any atom is -0.326 e. The van der Waals surface area contributed by atoms with Gasteiger partial charge < -0.3 is 10.6 Å². The Morgan fingerprint density at radius 2 is 1.80 bits per heavy atom. The van der Waals surface area contributed by atoms with Crippen LogP contribution in [-0.4, -0.2) is 19.5 Å². The summed E-state index contributed by atoms with van der Waals surface area (Å²) in [6.45, 7) is 3.09. The Bertz CT molecular complexity index is 365. The Morgan fingerprint density at radius 3 is 2.40 bits per heavy atom. The molecule has 0 bridgehead atoms. The van der Waals surface area contributed by atoms with Crippen molar-refractivity contribution in [2.24, 2.45) is 0 Å². The number of carbonyl (C=O) groups is 1. The van der Waals surface area contributed by atoms with Gasteiger partial charge in [0.05, 0.1) is 0 Å². The number of hydrogen-bond acceptors (Lipinski definition) is 2. The molecule has 0 radical (unpaired) electrons. The molecule has 114 valence electrons. The first-order valence-corrected chi connectivity index (χ1v) is 7.29. The standard InChI is InChI=1S/C16H26N2O.ClH/c1-3-4-5-7-14-9-11-15(12-10-14)18-16(19)8-6-13-17-2;/h9-12,17H,3-8,13H2,1-2H3,(H,18,19);1H.